The molecule has 0 aliphatic heterocycles. The van der Waals surface area contributed by atoms with E-state index in [1.807, 2.05) is 26.8 Å². The second kappa shape index (κ2) is 6.16. The van der Waals surface area contributed by atoms with Crippen LogP contribution >= 0.6 is 27.3 Å². The molecule has 0 bridgehead atoms. The van der Waals surface area contributed by atoms with Gasteiger partial charge >= 0.3 is 0 Å². The van der Waals surface area contributed by atoms with Crippen molar-refractivity contribution in [2.75, 3.05) is 0 Å². The molecule has 2 aromatic rings. The van der Waals surface area contributed by atoms with Crippen molar-refractivity contribution in [1.82, 2.24) is 9.71 Å². The lowest BCUT2D eigenvalue weighted by atomic mass is 10.2. The van der Waals surface area contributed by atoms with Crippen LogP contribution in [0.1, 0.15) is 34.1 Å². The van der Waals surface area contributed by atoms with E-state index in [9.17, 15) is 8.42 Å². The van der Waals surface area contributed by atoms with Crippen molar-refractivity contribution >= 4 is 37.3 Å². The van der Waals surface area contributed by atoms with E-state index in [0.29, 0.717) is 4.90 Å². The number of nitrogens with zero attached hydrogens (tertiary/aromatic N) is 1. The van der Waals surface area contributed by atoms with Crippen molar-refractivity contribution < 1.29 is 8.42 Å². The number of aryl methyl sites for hydroxylation is 3. The van der Waals surface area contributed by atoms with Crippen LogP contribution < -0.4 is 4.72 Å². The van der Waals surface area contributed by atoms with Crippen LogP contribution in [0.2, 0.25) is 0 Å². The Labute approximate surface area is 137 Å². The molecule has 1 unspecified atom stereocenters. The third-order valence-electron chi connectivity index (χ3n) is 3.10. The van der Waals surface area contributed by atoms with Gasteiger partial charge in [0.25, 0.3) is 0 Å². The fraction of sp³-hybridized carbons (Fsp3) is 0.357. The van der Waals surface area contributed by atoms with Gasteiger partial charge in [-0.15, -0.1) is 11.3 Å². The molecule has 0 aliphatic carbocycles. The first-order chi connectivity index (χ1) is 9.70. The number of thiazole rings is 1. The molecular formula is C14H17BrN2O2S2. The van der Waals surface area contributed by atoms with Gasteiger partial charge in [0.1, 0.15) is 0 Å². The van der Waals surface area contributed by atoms with Gasteiger partial charge in [-0.2, -0.15) is 0 Å². The Morgan fingerprint density at radius 3 is 2.52 bits per heavy atom. The maximum absolute atomic E-state index is 12.6. The predicted octanol–water partition coefficient (Wildman–Crippen LogP) is 3.87. The topological polar surface area (TPSA) is 59.1 Å². The summed E-state index contributed by atoms with van der Waals surface area (Å²) in [6, 6.07) is 4.93. The number of rotatable bonds is 4. The van der Waals surface area contributed by atoms with Gasteiger partial charge < -0.3 is 0 Å². The molecule has 0 aliphatic rings. The summed E-state index contributed by atoms with van der Waals surface area (Å²) in [5, 5.41) is 0.937. The van der Waals surface area contributed by atoms with Crippen LogP contribution in [-0.2, 0) is 10.0 Å². The van der Waals surface area contributed by atoms with E-state index in [0.717, 1.165) is 25.6 Å². The smallest absolute Gasteiger partial charge is 0.241 e. The highest BCUT2D eigenvalue weighted by molar-refractivity contribution is 9.10. The SMILES string of the molecule is Cc1nc(C)c(C(C)NS(=O)(=O)c2cc(Br)ccc2C)s1. The Morgan fingerprint density at radius 2 is 1.95 bits per heavy atom. The van der Waals surface area contributed by atoms with Gasteiger partial charge in [0.15, 0.2) is 0 Å². The first-order valence-electron chi connectivity index (χ1n) is 6.43. The highest BCUT2D eigenvalue weighted by Gasteiger charge is 2.23. The molecule has 0 saturated heterocycles. The number of hydrogen-bond donors (Lipinski definition) is 1. The van der Waals surface area contributed by atoms with E-state index >= 15 is 0 Å². The second-order valence-electron chi connectivity index (χ2n) is 4.94. The molecule has 0 radical (unpaired) electrons. The first kappa shape index (κ1) is 16.6. The molecular weight excluding hydrogens is 372 g/mol. The normalized spacial score (nSPS) is 13.4. The average molecular weight is 389 g/mol. The number of hydrogen-bond acceptors (Lipinski definition) is 4. The molecule has 1 atom stereocenters. The third kappa shape index (κ3) is 3.71. The lowest BCUT2D eigenvalue weighted by molar-refractivity contribution is 0.567. The zero-order chi connectivity index (χ0) is 15.8. The summed E-state index contributed by atoms with van der Waals surface area (Å²) >= 11 is 4.83. The quantitative estimate of drug-likeness (QED) is 0.864. The van der Waals surface area contributed by atoms with E-state index in [4.69, 9.17) is 0 Å². The fourth-order valence-corrected chi connectivity index (χ4v) is 5.16. The summed E-state index contributed by atoms with van der Waals surface area (Å²) in [6.07, 6.45) is 0. The standard InChI is InChI=1S/C14H17BrN2O2S2/c1-8-5-6-12(15)7-13(8)21(18,19)17-10(3)14-9(2)16-11(4)20-14/h5-7,10,17H,1-4H3. The van der Waals surface area contributed by atoms with Crippen molar-refractivity contribution in [2.45, 2.75) is 38.6 Å². The van der Waals surface area contributed by atoms with Crippen LogP contribution in [0.4, 0.5) is 0 Å². The molecule has 21 heavy (non-hydrogen) atoms. The highest BCUT2D eigenvalue weighted by Crippen LogP contribution is 2.27. The highest BCUT2D eigenvalue weighted by atomic mass is 79.9. The summed E-state index contributed by atoms with van der Waals surface area (Å²) in [5.74, 6) is 0. The van der Waals surface area contributed by atoms with E-state index in [1.54, 1.807) is 19.1 Å². The number of benzene rings is 1. The summed E-state index contributed by atoms with van der Waals surface area (Å²) in [4.78, 5) is 5.58. The van der Waals surface area contributed by atoms with Crippen LogP contribution in [-0.4, -0.2) is 13.4 Å². The summed E-state index contributed by atoms with van der Waals surface area (Å²) in [7, 11) is -3.57. The number of aromatic nitrogens is 1. The third-order valence-corrected chi connectivity index (χ3v) is 6.54. The molecule has 114 valence electrons. The molecule has 1 aromatic heterocycles. The Kier molecular flexibility index (Phi) is 4.87. The molecule has 0 spiro atoms. The Balaban J connectivity index is 2.33. The monoisotopic (exact) mass is 388 g/mol. The zero-order valence-corrected chi connectivity index (χ0v) is 15.5. The van der Waals surface area contributed by atoms with E-state index in [2.05, 4.69) is 25.6 Å². The van der Waals surface area contributed by atoms with Crippen molar-refractivity contribution in [1.29, 1.82) is 0 Å². The Hall–Kier alpha value is -0.760. The van der Waals surface area contributed by atoms with Gasteiger partial charge in [-0.1, -0.05) is 22.0 Å². The molecule has 1 aromatic carbocycles. The average Bonchev–Trinajstić information content (AvgIpc) is 2.71. The van der Waals surface area contributed by atoms with Gasteiger partial charge in [-0.3, -0.25) is 0 Å². The lowest BCUT2D eigenvalue weighted by Gasteiger charge is -2.15. The van der Waals surface area contributed by atoms with E-state index in [-0.39, 0.29) is 6.04 Å². The van der Waals surface area contributed by atoms with Crippen molar-refractivity contribution in [3.8, 4) is 0 Å². The minimum atomic E-state index is -3.57. The van der Waals surface area contributed by atoms with E-state index in [1.165, 1.54) is 11.3 Å². The fourth-order valence-electron chi connectivity index (χ4n) is 2.16. The lowest BCUT2D eigenvalue weighted by Crippen LogP contribution is -2.27. The molecule has 2 rings (SSSR count). The van der Waals surface area contributed by atoms with Gasteiger partial charge in [0, 0.05) is 9.35 Å². The molecule has 7 heteroatoms. The van der Waals surface area contributed by atoms with Crippen molar-refractivity contribution in [3.05, 3.63) is 43.8 Å². The van der Waals surface area contributed by atoms with Crippen LogP contribution in [0.15, 0.2) is 27.6 Å². The minimum Gasteiger partial charge on any atom is -0.247 e. The minimum absolute atomic E-state index is 0.294. The molecule has 4 nitrogen and oxygen atoms in total. The first-order valence-corrected chi connectivity index (χ1v) is 9.52. The van der Waals surface area contributed by atoms with E-state index < -0.39 is 10.0 Å². The molecule has 0 amide bonds. The van der Waals surface area contributed by atoms with Crippen molar-refractivity contribution in [3.63, 3.8) is 0 Å². The summed E-state index contributed by atoms with van der Waals surface area (Å²) in [5.41, 5.74) is 1.59. The Bertz CT molecular complexity index is 769. The maximum Gasteiger partial charge on any atom is 0.241 e. The maximum atomic E-state index is 12.6. The molecule has 1 heterocycles. The van der Waals surface area contributed by atoms with Crippen molar-refractivity contribution in [2.24, 2.45) is 0 Å². The summed E-state index contributed by atoms with van der Waals surface area (Å²) in [6.45, 7) is 7.44. The number of sulfonamides is 1. The second-order valence-corrected chi connectivity index (χ2v) is 8.77. The van der Waals surface area contributed by atoms with Gasteiger partial charge in [0.05, 0.1) is 21.6 Å². The predicted molar refractivity (Wildman–Crippen MR) is 89.2 cm³/mol. The van der Waals surface area contributed by atoms with Crippen LogP contribution in [0, 0.1) is 20.8 Å². The number of nitrogens with one attached hydrogen (secondary N) is 1. The largest absolute Gasteiger partial charge is 0.247 e. The van der Waals surface area contributed by atoms with Gasteiger partial charge in [-0.05, 0) is 45.4 Å². The van der Waals surface area contributed by atoms with Crippen LogP contribution in [0.25, 0.3) is 0 Å². The molecule has 0 saturated carbocycles. The zero-order valence-electron chi connectivity index (χ0n) is 12.3. The number of halogens is 1. The van der Waals surface area contributed by atoms with Crippen LogP contribution in [0.3, 0.4) is 0 Å². The summed E-state index contributed by atoms with van der Waals surface area (Å²) < 4.78 is 28.6. The Morgan fingerprint density at radius 1 is 1.29 bits per heavy atom. The molecule has 0 fully saturated rings. The van der Waals surface area contributed by atoms with Gasteiger partial charge in [-0.25, -0.2) is 18.1 Å². The van der Waals surface area contributed by atoms with Gasteiger partial charge in [0.2, 0.25) is 10.0 Å². The molecule has 1 N–H and O–H groups in total. The van der Waals surface area contributed by atoms with Crippen LogP contribution in [0.5, 0.6) is 0 Å².